The number of hydrogen-bond acceptors (Lipinski definition) is 2. The van der Waals surface area contributed by atoms with E-state index in [9.17, 15) is 0 Å². The predicted octanol–water partition coefficient (Wildman–Crippen LogP) is 3.85. The molecule has 0 spiro atoms. The van der Waals surface area contributed by atoms with Gasteiger partial charge in [0.25, 0.3) is 0 Å². The summed E-state index contributed by atoms with van der Waals surface area (Å²) in [5.41, 5.74) is 2.84. The zero-order chi connectivity index (χ0) is 15.0. The van der Waals surface area contributed by atoms with Gasteiger partial charge in [-0.3, -0.25) is 4.90 Å². The molecular weight excluding hydrogens is 244 g/mol. The molecule has 0 saturated heterocycles. The largest absolute Gasteiger partial charge is 0.314 e. The highest BCUT2D eigenvalue weighted by molar-refractivity contribution is 5.22. The second-order valence-corrected chi connectivity index (χ2v) is 6.23. The van der Waals surface area contributed by atoms with Gasteiger partial charge in [-0.05, 0) is 44.5 Å². The average Bonchev–Trinajstić information content (AvgIpc) is 2.40. The van der Waals surface area contributed by atoms with Gasteiger partial charge < -0.3 is 5.32 Å². The molecule has 0 fully saturated rings. The highest BCUT2D eigenvalue weighted by Gasteiger charge is 2.08. The number of hydrogen-bond donors (Lipinski definition) is 1. The van der Waals surface area contributed by atoms with E-state index < -0.39 is 0 Å². The summed E-state index contributed by atoms with van der Waals surface area (Å²) in [5.74, 6) is 0. The van der Waals surface area contributed by atoms with Crippen LogP contribution in [0.3, 0.4) is 0 Å². The minimum absolute atomic E-state index is 0.572. The summed E-state index contributed by atoms with van der Waals surface area (Å²) in [6.45, 7) is 11.1. The molecule has 1 unspecified atom stereocenters. The van der Waals surface area contributed by atoms with Crippen LogP contribution in [0.1, 0.15) is 51.7 Å². The van der Waals surface area contributed by atoms with Crippen LogP contribution in [0.25, 0.3) is 0 Å². The van der Waals surface area contributed by atoms with E-state index in [0.29, 0.717) is 12.1 Å². The van der Waals surface area contributed by atoms with Crippen molar-refractivity contribution in [3.8, 4) is 0 Å². The van der Waals surface area contributed by atoms with Crippen LogP contribution in [0.4, 0.5) is 0 Å². The van der Waals surface area contributed by atoms with Crippen LogP contribution in [0.2, 0.25) is 0 Å². The molecule has 20 heavy (non-hydrogen) atoms. The molecule has 0 aliphatic carbocycles. The van der Waals surface area contributed by atoms with Crippen LogP contribution in [-0.2, 0) is 13.0 Å². The molecule has 1 N–H and O–H groups in total. The minimum atomic E-state index is 0.572. The highest BCUT2D eigenvalue weighted by Crippen LogP contribution is 2.11. The normalized spacial score (nSPS) is 13.2. The minimum Gasteiger partial charge on any atom is -0.314 e. The zero-order valence-corrected chi connectivity index (χ0v) is 13.9. The summed E-state index contributed by atoms with van der Waals surface area (Å²) in [6.07, 6.45) is 3.64. The van der Waals surface area contributed by atoms with Gasteiger partial charge in [0.1, 0.15) is 0 Å². The summed E-state index contributed by atoms with van der Waals surface area (Å²) in [4.78, 5) is 2.44. The van der Waals surface area contributed by atoms with Gasteiger partial charge in [-0.1, -0.05) is 51.5 Å². The van der Waals surface area contributed by atoms with Crippen molar-refractivity contribution in [2.45, 2.75) is 65.6 Å². The van der Waals surface area contributed by atoms with Crippen LogP contribution in [0.5, 0.6) is 0 Å². The Labute approximate surface area is 125 Å². The molecular formula is C18H32N2. The van der Waals surface area contributed by atoms with Crippen LogP contribution in [0, 0.1) is 0 Å². The van der Waals surface area contributed by atoms with Crippen molar-refractivity contribution >= 4 is 0 Å². The highest BCUT2D eigenvalue weighted by atomic mass is 15.1. The van der Waals surface area contributed by atoms with Crippen molar-refractivity contribution in [2.75, 3.05) is 13.6 Å². The summed E-state index contributed by atoms with van der Waals surface area (Å²) >= 11 is 0. The molecule has 0 aliphatic rings. The van der Waals surface area contributed by atoms with Gasteiger partial charge in [-0.15, -0.1) is 0 Å². The quantitative estimate of drug-likeness (QED) is 0.737. The van der Waals surface area contributed by atoms with Crippen molar-refractivity contribution in [3.05, 3.63) is 35.4 Å². The maximum atomic E-state index is 3.46. The van der Waals surface area contributed by atoms with E-state index in [2.05, 4.69) is 69.2 Å². The van der Waals surface area contributed by atoms with Gasteiger partial charge in [-0.25, -0.2) is 0 Å². The molecule has 0 aliphatic heterocycles. The Morgan fingerprint density at radius 3 is 2.20 bits per heavy atom. The Bertz CT molecular complexity index is 356. The third-order valence-electron chi connectivity index (χ3n) is 3.88. The van der Waals surface area contributed by atoms with Crippen molar-refractivity contribution < 1.29 is 0 Å². The first-order chi connectivity index (χ1) is 9.52. The van der Waals surface area contributed by atoms with Gasteiger partial charge in [0, 0.05) is 18.6 Å². The molecule has 1 rings (SSSR count). The van der Waals surface area contributed by atoms with Crippen LogP contribution >= 0.6 is 0 Å². The van der Waals surface area contributed by atoms with E-state index >= 15 is 0 Å². The first kappa shape index (κ1) is 17.2. The van der Waals surface area contributed by atoms with Crippen LogP contribution < -0.4 is 5.32 Å². The summed E-state index contributed by atoms with van der Waals surface area (Å²) < 4.78 is 0. The standard InChI is InChI=1S/C18H32N2/c1-6-7-16(4)20(5)14-18-10-8-17(9-11-18)12-13-19-15(2)3/h8-11,15-16,19H,6-7,12-14H2,1-5H3. The fourth-order valence-corrected chi connectivity index (χ4v) is 2.40. The SMILES string of the molecule is CCCC(C)N(C)Cc1ccc(CCNC(C)C)cc1. The number of nitrogens with zero attached hydrogens (tertiary/aromatic N) is 1. The predicted molar refractivity (Wildman–Crippen MR) is 89.1 cm³/mol. The number of rotatable bonds is 9. The molecule has 2 heteroatoms. The molecule has 1 atom stereocenters. The average molecular weight is 276 g/mol. The fourth-order valence-electron chi connectivity index (χ4n) is 2.40. The van der Waals surface area contributed by atoms with Gasteiger partial charge in [0.2, 0.25) is 0 Å². The lowest BCUT2D eigenvalue weighted by molar-refractivity contribution is 0.237. The third-order valence-corrected chi connectivity index (χ3v) is 3.88. The van der Waals surface area contributed by atoms with Gasteiger partial charge in [-0.2, -0.15) is 0 Å². The first-order valence-electron chi connectivity index (χ1n) is 8.04. The molecule has 0 saturated carbocycles. The van der Waals surface area contributed by atoms with Crippen molar-refractivity contribution in [1.29, 1.82) is 0 Å². The van der Waals surface area contributed by atoms with Crippen LogP contribution in [-0.4, -0.2) is 30.6 Å². The molecule has 0 aromatic heterocycles. The second-order valence-electron chi connectivity index (χ2n) is 6.23. The monoisotopic (exact) mass is 276 g/mol. The zero-order valence-electron chi connectivity index (χ0n) is 13.9. The molecule has 0 radical (unpaired) electrons. The summed E-state index contributed by atoms with van der Waals surface area (Å²) in [7, 11) is 2.22. The maximum Gasteiger partial charge on any atom is 0.0233 e. The van der Waals surface area contributed by atoms with Crippen molar-refractivity contribution in [1.82, 2.24) is 10.2 Å². The second kappa shape index (κ2) is 9.15. The Kier molecular flexibility index (Phi) is 7.86. The van der Waals surface area contributed by atoms with E-state index in [0.717, 1.165) is 19.5 Å². The lowest BCUT2D eigenvalue weighted by atomic mass is 10.1. The van der Waals surface area contributed by atoms with E-state index in [1.54, 1.807) is 0 Å². The molecule has 1 aromatic carbocycles. The maximum absolute atomic E-state index is 3.46. The van der Waals surface area contributed by atoms with E-state index in [1.165, 1.54) is 24.0 Å². The fraction of sp³-hybridized carbons (Fsp3) is 0.667. The molecule has 0 heterocycles. The molecule has 114 valence electrons. The molecule has 0 bridgehead atoms. The lowest BCUT2D eigenvalue weighted by Crippen LogP contribution is -2.28. The molecule has 0 amide bonds. The third kappa shape index (κ3) is 6.53. The number of nitrogens with one attached hydrogen (secondary N) is 1. The number of benzene rings is 1. The Hall–Kier alpha value is -0.860. The van der Waals surface area contributed by atoms with Gasteiger partial charge in [0.15, 0.2) is 0 Å². The Morgan fingerprint density at radius 1 is 1.05 bits per heavy atom. The van der Waals surface area contributed by atoms with E-state index in [-0.39, 0.29) is 0 Å². The van der Waals surface area contributed by atoms with E-state index in [4.69, 9.17) is 0 Å². The smallest absolute Gasteiger partial charge is 0.0233 e. The first-order valence-corrected chi connectivity index (χ1v) is 8.04. The van der Waals surface area contributed by atoms with Gasteiger partial charge in [0.05, 0.1) is 0 Å². The molecule has 2 nitrogen and oxygen atoms in total. The molecule has 1 aromatic rings. The van der Waals surface area contributed by atoms with E-state index in [1.807, 2.05) is 0 Å². The lowest BCUT2D eigenvalue weighted by Gasteiger charge is -2.24. The van der Waals surface area contributed by atoms with Gasteiger partial charge >= 0.3 is 0 Å². The van der Waals surface area contributed by atoms with Crippen molar-refractivity contribution in [2.24, 2.45) is 0 Å². The Morgan fingerprint density at radius 2 is 1.65 bits per heavy atom. The summed E-state index contributed by atoms with van der Waals surface area (Å²) in [5, 5.41) is 3.46. The summed E-state index contributed by atoms with van der Waals surface area (Å²) in [6, 6.07) is 10.3. The van der Waals surface area contributed by atoms with Crippen LogP contribution in [0.15, 0.2) is 24.3 Å². The Balaban J connectivity index is 2.41. The topological polar surface area (TPSA) is 15.3 Å². The van der Waals surface area contributed by atoms with Crippen molar-refractivity contribution in [3.63, 3.8) is 0 Å².